The SMILES string of the molecule is CN1CNS(=O)(=O)c2c(Cl)sc(Cl)c21. The van der Waals surface area contributed by atoms with Crippen molar-refractivity contribution in [2.75, 3.05) is 18.6 Å². The molecule has 8 heteroatoms. The first-order valence-corrected chi connectivity index (χ1v) is 6.67. The summed E-state index contributed by atoms with van der Waals surface area (Å²) in [7, 11) is -1.74. The number of hydrogen-bond donors (Lipinski definition) is 1. The van der Waals surface area contributed by atoms with Crippen LogP contribution in [0.4, 0.5) is 5.69 Å². The summed E-state index contributed by atoms with van der Waals surface area (Å²) >= 11 is 12.7. The highest BCUT2D eigenvalue weighted by molar-refractivity contribution is 7.90. The maximum atomic E-state index is 11.6. The number of thiophene rings is 1. The van der Waals surface area contributed by atoms with E-state index in [0.29, 0.717) is 10.0 Å². The third kappa shape index (κ3) is 1.42. The molecular formula is C6H6Cl2N2O2S2. The molecule has 1 aliphatic heterocycles. The summed E-state index contributed by atoms with van der Waals surface area (Å²) in [5, 5.41) is 0. The molecule has 1 aromatic heterocycles. The fourth-order valence-electron chi connectivity index (χ4n) is 1.25. The minimum atomic E-state index is -3.48. The standard InChI is InChI=1S/C6H6Cl2N2O2S2/c1-10-2-9-14(11,12)4-3(10)5(7)13-6(4)8/h9H,2H2,1H3. The first-order chi connectivity index (χ1) is 6.43. The second kappa shape index (κ2) is 3.24. The lowest BCUT2D eigenvalue weighted by atomic mass is 10.5. The fourth-order valence-corrected chi connectivity index (χ4v) is 4.97. The minimum absolute atomic E-state index is 0.0860. The molecular weight excluding hydrogens is 267 g/mol. The van der Waals surface area contributed by atoms with Crippen molar-refractivity contribution in [1.29, 1.82) is 0 Å². The van der Waals surface area contributed by atoms with Gasteiger partial charge in [0.2, 0.25) is 10.0 Å². The average molecular weight is 273 g/mol. The molecule has 0 atom stereocenters. The predicted octanol–water partition coefficient (Wildman–Crippen LogP) is 1.74. The molecule has 1 aromatic rings. The molecule has 0 unspecified atom stereocenters. The zero-order chi connectivity index (χ0) is 10.5. The van der Waals surface area contributed by atoms with Crippen molar-refractivity contribution >= 4 is 50.2 Å². The molecule has 4 nitrogen and oxygen atoms in total. The number of fused-ring (bicyclic) bond motifs is 1. The Bertz CT molecular complexity index is 482. The van der Waals surface area contributed by atoms with Gasteiger partial charge in [0.15, 0.2) is 0 Å². The van der Waals surface area contributed by atoms with E-state index in [0.717, 1.165) is 11.3 Å². The number of sulfonamides is 1. The molecule has 0 amide bonds. The topological polar surface area (TPSA) is 49.4 Å². The molecule has 78 valence electrons. The molecule has 0 bridgehead atoms. The number of nitrogens with one attached hydrogen (secondary N) is 1. The summed E-state index contributed by atoms with van der Waals surface area (Å²) in [6.07, 6.45) is 0. The highest BCUT2D eigenvalue weighted by atomic mass is 35.5. The van der Waals surface area contributed by atoms with Crippen LogP contribution < -0.4 is 9.62 Å². The van der Waals surface area contributed by atoms with Crippen LogP contribution in [0.25, 0.3) is 0 Å². The van der Waals surface area contributed by atoms with Gasteiger partial charge in [-0.3, -0.25) is 0 Å². The summed E-state index contributed by atoms with van der Waals surface area (Å²) < 4.78 is 26.1. The Morgan fingerprint density at radius 2 is 2.07 bits per heavy atom. The highest BCUT2D eigenvalue weighted by Crippen LogP contribution is 2.46. The van der Waals surface area contributed by atoms with Crippen LogP contribution in [0.1, 0.15) is 0 Å². The van der Waals surface area contributed by atoms with E-state index in [2.05, 4.69) is 4.72 Å². The third-order valence-corrected chi connectivity index (χ3v) is 5.17. The Kier molecular flexibility index (Phi) is 2.43. The Morgan fingerprint density at radius 1 is 1.43 bits per heavy atom. The quantitative estimate of drug-likeness (QED) is 0.783. The molecule has 0 spiro atoms. The summed E-state index contributed by atoms with van der Waals surface area (Å²) in [6.45, 7) is 0.210. The molecule has 0 fully saturated rings. The molecule has 0 aliphatic carbocycles. The van der Waals surface area contributed by atoms with E-state index in [9.17, 15) is 8.42 Å². The van der Waals surface area contributed by atoms with Crippen LogP contribution in [0.2, 0.25) is 8.67 Å². The van der Waals surface area contributed by atoms with Crippen molar-refractivity contribution < 1.29 is 8.42 Å². The van der Waals surface area contributed by atoms with Gasteiger partial charge in [0.25, 0.3) is 0 Å². The zero-order valence-corrected chi connectivity index (χ0v) is 10.2. The largest absolute Gasteiger partial charge is 0.358 e. The summed E-state index contributed by atoms with van der Waals surface area (Å²) in [4.78, 5) is 1.80. The summed E-state index contributed by atoms with van der Waals surface area (Å²) in [5.41, 5.74) is 0.486. The normalized spacial score (nSPS) is 19.5. The Morgan fingerprint density at radius 3 is 2.64 bits per heavy atom. The van der Waals surface area contributed by atoms with Gasteiger partial charge in [0, 0.05) is 7.05 Å². The zero-order valence-electron chi connectivity index (χ0n) is 7.04. The van der Waals surface area contributed by atoms with E-state index in [1.807, 2.05) is 0 Å². The minimum Gasteiger partial charge on any atom is -0.358 e. The lowest BCUT2D eigenvalue weighted by molar-refractivity contribution is 0.576. The van der Waals surface area contributed by atoms with Crippen LogP contribution in [-0.2, 0) is 10.0 Å². The number of rotatable bonds is 0. The number of anilines is 1. The maximum absolute atomic E-state index is 11.6. The fraction of sp³-hybridized carbons (Fsp3) is 0.333. The van der Waals surface area contributed by atoms with Gasteiger partial charge in [-0.05, 0) is 0 Å². The first kappa shape index (κ1) is 10.5. The van der Waals surface area contributed by atoms with Crippen molar-refractivity contribution in [3.63, 3.8) is 0 Å². The molecule has 2 heterocycles. The van der Waals surface area contributed by atoms with Gasteiger partial charge in [-0.15, -0.1) is 11.3 Å². The third-order valence-electron chi connectivity index (χ3n) is 1.90. The van der Waals surface area contributed by atoms with Gasteiger partial charge in [0.1, 0.15) is 13.6 Å². The second-order valence-electron chi connectivity index (χ2n) is 2.83. The Hall–Kier alpha value is -0.0100. The highest BCUT2D eigenvalue weighted by Gasteiger charge is 2.33. The van der Waals surface area contributed by atoms with Crippen LogP contribution in [0.3, 0.4) is 0 Å². The summed E-state index contributed by atoms with van der Waals surface area (Å²) in [5.74, 6) is 0. The van der Waals surface area contributed by atoms with E-state index in [1.165, 1.54) is 0 Å². The number of nitrogens with zero attached hydrogens (tertiary/aromatic N) is 1. The predicted molar refractivity (Wildman–Crippen MR) is 57.9 cm³/mol. The molecule has 1 N–H and O–H groups in total. The number of hydrogen-bond acceptors (Lipinski definition) is 4. The van der Waals surface area contributed by atoms with Crippen molar-refractivity contribution in [1.82, 2.24) is 4.72 Å². The first-order valence-electron chi connectivity index (χ1n) is 3.62. The maximum Gasteiger partial charge on any atom is 0.246 e. The van der Waals surface area contributed by atoms with Crippen LogP contribution in [0, 0.1) is 0 Å². The molecule has 0 radical (unpaired) electrons. The second-order valence-corrected chi connectivity index (χ2v) is 6.76. The van der Waals surface area contributed by atoms with Crippen molar-refractivity contribution in [2.45, 2.75) is 4.90 Å². The Balaban J connectivity index is 2.79. The van der Waals surface area contributed by atoms with Crippen LogP contribution >= 0.6 is 34.5 Å². The summed E-state index contributed by atoms with van der Waals surface area (Å²) in [6, 6.07) is 0. The van der Waals surface area contributed by atoms with Gasteiger partial charge >= 0.3 is 0 Å². The molecule has 0 saturated heterocycles. The van der Waals surface area contributed by atoms with Crippen molar-refractivity contribution in [3.05, 3.63) is 8.67 Å². The molecule has 2 rings (SSSR count). The van der Waals surface area contributed by atoms with E-state index >= 15 is 0 Å². The molecule has 1 aliphatic rings. The monoisotopic (exact) mass is 272 g/mol. The van der Waals surface area contributed by atoms with Gasteiger partial charge < -0.3 is 4.90 Å². The van der Waals surface area contributed by atoms with Gasteiger partial charge in [-0.2, -0.15) is 4.72 Å². The number of halogens is 2. The average Bonchev–Trinajstić information content (AvgIpc) is 2.36. The van der Waals surface area contributed by atoms with E-state index in [4.69, 9.17) is 23.2 Å². The van der Waals surface area contributed by atoms with Crippen molar-refractivity contribution in [2.24, 2.45) is 0 Å². The van der Waals surface area contributed by atoms with Crippen LogP contribution in [0.5, 0.6) is 0 Å². The Labute approximate surface area is 95.5 Å². The van der Waals surface area contributed by atoms with Crippen molar-refractivity contribution in [3.8, 4) is 0 Å². The van der Waals surface area contributed by atoms with Gasteiger partial charge in [-0.25, -0.2) is 8.42 Å². The molecule has 0 aromatic carbocycles. The van der Waals surface area contributed by atoms with Gasteiger partial charge in [-0.1, -0.05) is 23.2 Å². The van der Waals surface area contributed by atoms with E-state index in [1.54, 1.807) is 11.9 Å². The molecule has 14 heavy (non-hydrogen) atoms. The van der Waals surface area contributed by atoms with E-state index < -0.39 is 10.0 Å². The lowest BCUT2D eigenvalue weighted by Gasteiger charge is -2.25. The van der Waals surface area contributed by atoms with E-state index in [-0.39, 0.29) is 15.9 Å². The smallest absolute Gasteiger partial charge is 0.246 e. The molecule has 0 saturated carbocycles. The van der Waals surface area contributed by atoms with Crippen LogP contribution in [-0.4, -0.2) is 22.1 Å². The van der Waals surface area contributed by atoms with Gasteiger partial charge in [0.05, 0.1) is 12.4 Å². The lowest BCUT2D eigenvalue weighted by Crippen LogP contribution is -2.40. The van der Waals surface area contributed by atoms with Crippen LogP contribution in [0.15, 0.2) is 4.90 Å².